The molecule has 0 spiro atoms. The summed E-state index contributed by atoms with van der Waals surface area (Å²) in [6.07, 6.45) is 0. The number of hydrogen-bond acceptors (Lipinski definition) is 4. The van der Waals surface area contributed by atoms with Crippen LogP contribution in [0.3, 0.4) is 0 Å². The molecule has 1 heterocycles. The molecule has 5 aromatic rings. The van der Waals surface area contributed by atoms with Gasteiger partial charge in [-0.1, -0.05) is 78.0 Å². The molecule has 0 radical (unpaired) electrons. The van der Waals surface area contributed by atoms with Gasteiger partial charge in [0.05, 0.1) is 5.75 Å². The summed E-state index contributed by atoms with van der Waals surface area (Å²) in [6.45, 7) is 0. The fourth-order valence-electron chi connectivity index (χ4n) is 3.74. The molecule has 0 saturated carbocycles. The first kappa shape index (κ1) is 22.9. The molecule has 1 aromatic heterocycles. The van der Waals surface area contributed by atoms with E-state index in [0.717, 1.165) is 22.6 Å². The molecule has 0 aliphatic carbocycles. The maximum absolute atomic E-state index is 13.5. The van der Waals surface area contributed by atoms with Gasteiger partial charge in [0.1, 0.15) is 0 Å². The van der Waals surface area contributed by atoms with Gasteiger partial charge in [-0.3, -0.25) is 14.3 Å². The van der Waals surface area contributed by atoms with Crippen molar-refractivity contribution in [3.8, 4) is 17.1 Å². The van der Waals surface area contributed by atoms with Crippen molar-refractivity contribution in [2.45, 2.75) is 5.16 Å². The van der Waals surface area contributed by atoms with E-state index in [1.807, 2.05) is 120 Å². The van der Waals surface area contributed by atoms with Crippen LogP contribution < -0.4 is 4.90 Å². The van der Waals surface area contributed by atoms with Gasteiger partial charge in [0, 0.05) is 27.6 Å². The van der Waals surface area contributed by atoms with E-state index in [9.17, 15) is 4.79 Å². The number of halogens is 1. The Labute approximate surface area is 213 Å². The van der Waals surface area contributed by atoms with Gasteiger partial charge in [-0.2, -0.15) is 0 Å². The maximum atomic E-state index is 13.5. The minimum Gasteiger partial charge on any atom is -0.280 e. The van der Waals surface area contributed by atoms with Crippen molar-refractivity contribution >= 4 is 40.6 Å². The van der Waals surface area contributed by atoms with E-state index in [1.165, 1.54) is 11.8 Å². The average Bonchev–Trinajstić information content (AvgIpc) is 3.34. The quantitative estimate of drug-likeness (QED) is 0.227. The fourth-order valence-corrected chi connectivity index (χ4v) is 4.67. The summed E-state index contributed by atoms with van der Waals surface area (Å²) < 4.78 is 1.97. The molecule has 4 aromatic carbocycles. The number of hydrogen-bond donors (Lipinski definition) is 0. The molecule has 0 aliphatic heterocycles. The molecule has 7 heteroatoms. The standard InChI is InChI=1S/C28H21ClN4OS/c29-22-18-16-21(17-19-22)27-30-31-28(33(27)25-14-8-3-9-15-25)35-20-26(34)32(23-10-4-1-5-11-23)24-12-6-2-7-13-24/h1-19H,20H2. The Bertz CT molecular complexity index is 1370. The maximum Gasteiger partial charge on any atom is 0.242 e. The van der Waals surface area contributed by atoms with Crippen LogP contribution in [-0.2, 0) is 4.79 Å². The normalized spacial score (nSPS) is 10.8. The van der Waals surface area contributed by atoms with Crippen LogP contribution in [0.5, 0.6) is 0 Å². The third-order valence-corrected chi connectivity index (χ3v) is 6.52. The molecule has 35 heavy (non-hydrogen) atoms. The third kappa shape index (κ3) is 5.14. The molecule has 0 N–H and O–H groups in total. The Balaban J connectivity index is 1.47. The Kier molecular flexibility index (Phi) is 6.93. The summed E-state index contributed by atoms with van der Waals surface area (Å²) in [5, 5.41) is 10.2. The second-order valence-corrected chi connectivity index (χ2v) is 9.05. The number of carbonyl (C=O) groups is 1. The van der Waals surface area contributed by atoms with Gasteiger partial charge < -0.3 is 0 Å². The van der Waals surface area contributed by atoms with Gasteiger partial charge in [0.25, 0.3) is 0 Å². The summed E-state index contributed by atoms with van der Waals surface area (Å²) in [6, 6.07) is 36.7. The van der Waals surface area contributed by atoms with Crippen LogP contribution in [-0.4, -0.2) is 26.4 Å². The molecule has 172 valence electrons. The zero-order valence-electron chi connectivity index (χ0n) is 18.7. The number of thioether (sulfide) groups is 1. The number of anilines is 2. The lowest BCUT2D eigenvalue weighted by atomic mass is 10.2. The van der Waals surface area contributed by atoms with E-state index in [4.69, 9.17) is 11.6 Å². The van der Waals surface area contributed by atoms with Crippen LogP contribution in [0, 0.1) is 0 Å². The number of rotatable bonds is 7. The highest BCUT2D eigenvalue weighted by atomic mass is 35.5. The van der Waals surface area contributed by atoms with Crippen molar-refractivity contribution in [3.63, 3.8) is 0 Å². The van der Waals surface area contributed by atoms with Crippen molar-refractivity contribution in [2.24, 2.45) is 0 Å². The highest BCUT2D eigenvalue weighted by Gasteiger charge is 2.21. The first-order valence-corrected chi connectivity index (χ1v) is 12.4. The molecule has 0 unspecified atom stereocenters. The number of para-hydroxylation sites is 3. The van der Waals surface area contributed by atoms with Gasteiger partial charge in [-0.15, -0.1) is 10.2 Å². The summed E-state index contributed by atoms with van der Waals surface area (Å²) >= 11 is 7.45. The molecule has 0 bridgehead atoms. The Hall–Kier alpha value is -3.87. The first-order chi connectivity index (χ1) is 17.2. The highest BCUT2D eigenvalue weighted by Crippen LogP contribution is 2.31. The van der Waals surface area contributed by atoms with E-state index < -0.39 is 0 Å². The van der Waals surface area contributed by atoms with Crippen molar-refractivity contribution in [2.75, 3.05) is 10.7 Å². The Morgan fingerprint density at radius 1 is 0.743 bits per heavy atom. The second-order valence-electron chi connectivity index (χ2n) is 7.67. The SMILES string of the molecule is O=C(CSc1nnc(-c2ccc(Cl)cc2)n1-c1ccccc1)N(c1ccccc1)c1ccccc1. The zero-order chi connectivity index (χ0) is 24.0. The summed E-state index contributed by atoms with van der Waals surface area (Å²) in [7, 11) is 0. The van der Waals surface area contributed by atoms with Crippen LogP contribution in [0.2, 0.25) is 5.02 Å². The predicted octanol–water partition coefficient (Wildman–Crippen LogP) is 7.04. The minimum atomic E-state index is -0.0527. The van der Waals surface area contributed by atoms with Gasteiger partial charge >= 0.3 is 0 Å². The lowest BCUT2D eigenvalue weighted by molar-refractivity contribution is -0.115. The van der Waals surface area contributed by atoms with E-state index in [-0.39, 0.29) is 11.7 Å². The smallest absolute Gasteiger partial charge is 0.242 e. The summed E-state index contributed by atoms with van der Waals surface area (Å²) in [5.41, 5.74) is 3.44. The molecule has 0 atom stereocenters. The summed E-state index contributed by atoms with van der Waals surface area (Å²) in [4.78, 5) is 15.2. The Morgan fingerprint density at radius 2 is 1.29 bits per heavy atom. The number of aromatic nitrogens is 3. The molecule has 0 aliphatic rings. The lowest BCUT2D eigenvalue weighted by Crippen LogP contribution is -2.27. The van der Waals surface area contributed by atoms with Gasteiger partial charge in [-0.25, -0.2) is 0 Å². The molecular formula is C28H21ClN4OS. The van der Waals surface area contributed by atoms with Crippen molar-refractivity contribution in [1.82, 2.24) is 14.8 Å². The van der Waals surface area contributed by atoms with Crippen LogP contribution in [0.4, 0.5) is 11.4 Å². The monoisotopic (exact) mass is 496 g/mol. The van der Waals surface area contributed by atoms with E-state index in [0.29, 0.717) is 16.0 Å². The van der Waals surface area contributed by atoms with Gasteiger partial charge in [-0.05, 0) is 60.7 Å². The van der Waals surface area contributed by atoms with E-state index >= 15 is 0 Å². The molecule has 0 fully saturated rings. The van der Waals surface area contributed by atoms with Gasteiger partial charge in [0.2, 0.25) is 5.91 Å². The Morgan fingerprint density at radius 3 is 1.86 bits per heavy atom. The van der Waals surface area contributed by atoms with Crippen molar-refractivity contribution in [1.29, 1.82) is 0 Å². The minimum absolute atomic E-state index is 0.0527. The number of nitrogens with zero attached hydrogens (tertiary/aromatic N) is 4. The number of benzene rings is 4. The zero-order valence-corrected chi connectivity index (χ0v) is 20.2. The number of amides is 1. The highest BCUT2D eigenvalue weighted by molar-refractivity contribution is 7.99. The number of carbonyl (C=O) groups excluding carboxylic acids is 1. The van der Waals surface area contributed by atoms with Crippen LogP contribution in [0.25, 0.3) is 17.1 Å². The van der Waals surface area contributed by atoms with Crippen LogP contribution >= 0.6 is 23.4 Å². The second kappa shape index (κ2) is 10.6. The molecular weight excluding hydrogens is 476 g/mol. The van der Waals surface area contributed by atoms with Crippen LogP contribution in [0.1, 0.15) is 0 Å². The van der Waals surface area contributed by atoms with E-state index in [2.05, 4.69) is 10.2 Å². The average molecular weight is 497 g/mol. The predicted molar refractivity (Wildman–Crippen MR) is 143 cm³/mol. The van der Waals surface area contributed by atoms with Gasteiger partial charge in [0.15, 0.2) is 11.0 Å². The molecule has 5 rings (SSSR count). The molecule has 0 saturated heterocycles. The third-order valence-electron chi connectivity index (χ3n) is 5.35. The first-order valence-electron chi connectivity index (χ1n) is 11.0. The molecule has 5 nitrogen and oxygen atoms in total. The summed E-state index contributed by atoms with van der Waals surface area (Å²) in [5.74, 6) is 0.823. The lowest BCUT2D eigenvalue weighted by Gasteiger charge is -2.23. The topological polar surface area (TPSA) is 51.0 Å². The van der Waals surface area contributed by atoms with Crippen LogP contribution in [0.15, 0.2) is 120 Å². The van der Waals surface area contributed by atoms with Crippen molar-refractivity contribution < 1.29 is 4.79 Å². The van der Waals surface area contributed by atoms with E-state index in [1.54, 1.807) is 4.90 Å². The largest absolute Gasteiger partial charge is 0.280 e. The van der Waals surface area contributed by atoms with Crippen molar-refractivity contribution in [3.05, 3.63) is 120 Å². The molecule has 1 amide bonds. The fraction of sp³-hybridized carbons (Fsp3) is 0.0357.